The molecule has 0 saturated heterocycles. The number of aromatic amines is 1. The molecule has 4 nitrogen and oxygen atoms in total. The van der Waals surface area contributed by atoms with Gasteiger partial charge in [0.2, 0.25) is 5.43 Å². The normalized spacial score (nSPS) is 10.9. The first-order valence-corrected chi connectivity index (χ1v) is 7.75. The van der Waals surface area contributed by atoms with Crippen LogP contribution >= 0.6 is 11.3 Å². The van der Waals surface area contributed by atoms with E-state index in [1.807, 2.05) is 17.5 Å². The average molecular weight is 334 g/mol. The molecule has 0 aliphatic heterocycles. The summed E-state index contributed by atoms with van der Waals surface area (Å²) in [5.41, 5.74) is -0.943. The van der Waals surface area contributed by atoms with Crippen molar-refractivity contribution < 1.29 is 13.6 Å². The van der Waals surface area contributed by atoms with Gasteiger partial charge in [0.15, 0.2) is 0 Å². The molecule has 118 valence electrons. The van der Waals surface area contributed by atoms with Gasteiger partial charge >= 0.3 is 0 Å². The molecule has 23 heavy (non-hydrogen) atoms. The van der Waals surface area contributed by atoms with Crippen molar-refractivity contribution in [2.24, 2.45) is 0 Å². The molecular weight excluding hydrogens is 322 g/mol. The summed E-state index contributed by atoms with van der Waals surface area (Å²) in [7, 11) is 0. The minimum absolute atomic E-state index is 0.0163. The van der Waals surface area contributed by atoms with Crippen LogP contribution in [0, 0.1) is 11.6 Å². The molecule has 0 unspecified atom stereocenters. The lowest BCUT2D eigenvalue weighted by Crippen LogP contribution is -2.30. The summed E-state index contributed by atoms with van der Waals surface area (Å²) in [6, 6.07) is 5.50. The van der Waals surface area contributed by atoms with Gasteiger partial charge < -0.3 is 10.3 Å². The van der Waals surface area contributed by atoms with Crippen molar-refractivity contribution in [3.63, 3.8) is 0 Å². The maximum atomic E-state index is 13.8. The van der Waals surface area contributed by atoms with E-state index in [-0.39, 0.29) is 16.5 Å². The van der Waals surface area contributed by atoms with Gasteiger partial charge in [0.05, 0.1) is 10.9 Å². The van der Waals surface area contributed by atoms with Crippen LogP contribution in [0.5, 0.6) is 0 Å². The number of rotatable bonds is 4. The van der Waals surface area contributed by atoms with Gasteiger partial charge in [-0.1, -0.05) is 6.07 Å². The second-order valence-electron chi connectivity index (χ2n) is 4.93. The maximum Gasteiger partial charge on any atom is 0.256 e. The highest BCUT2D eigenvalue weighted by Gasteiger charge is 2.16. The van der Waals surface area contributed by atoms with Crippen LogP contribution in [0.15, 0.2) is 40.6 Å². The molecule has 1 aromatic carbocycles. The lowest BCUT2D eigenvalue weighted by Gasteiger charge is -2.06. The highest BCUT2D eigenvalue weighted by Crippen LogP contribution is 2.15. The maximum absolute atomic E-state index is 13.8. The van der Waals surface area contributed by atoms with Gasteiger partial charge in [-0.3, -0.25) is 9.59 Å². The fourth-order valence-electron chi connectivity index (χ4n) is 2.29. The van der Waals surface area contributed by atoms with E-state index in [1.165, 1.54) is 6.20 Å². The van der Waals surface area contributed by atoms with Gasteiger partial charge in [-0.2, -0.15) is 0 Å². The van der Waals surface area contributed by atoms with Crippen LogP contribution < -0.4 is 10.7 Å². The molecule has 0 atom stereocenters. The van der Waals surface area contributed by atoms with Gasteiger partial charge in [0, 0.05) is 23.7 Å². The van der Waals surface area contributed by atoms with Crippen LogP contribution in [0.2, 0.25) is 0 Å². The van der Waals surface area contributed by atoms with Gasteiger partial charge in [0.1, 0.15) is 17.2 Å². The Labute approximate surface area is 133 Å². The smallest absolute Gasteiger partial charge is 0.256 e. The molecule has 3 aromatic rings. The number of hydrogen-bond donors (Lipinski definition) is 2. The standard InChI is InChI=1S/C16H12F2N2O2S/c17-9-6-12(18)14-13(7-9)20-8-11(15(14)21)16(22)19-4-3-10-2-1-5-23-10/h1-2,5-8H,3-4H2,(H,19,22)(H,20,21). The molecular formula is C16H12F2N2O2S. The molecule has 2 N–H and O–H groups in total. The fourth-order valence-corrected chi connectivity index (χ4v) is 3.00. The summed E-state index contributed by atoms with van der Waals surface area (Å²) >= 11 is 1.57. The number of aromatic nitrogens is 1. The number of pyridine rings is 1. The topological polar surface area (TPSA) is 62.0 Å². The average Bonchev–Trinajstić information content (AvgIpc) is 3.00. The quantitative estimate of drug-likeness (QED) is 0.771. The van der Waals surface area contributed by atoms with Crippen molar-refractivity contribution in [3.8, 4) is 0 Å². The van der Waals surface area contributed by atoms with E-state index in [0.717, 1.165) is 10.9 Å². The molecule has 0 saturated carbocycles. The first-order valence-electron chi connectivity index (χ1n) is 6.87. The molecule has 0 bridgehead atoms. The Morgan fingerprint density at radius 3 is 2.87 bits per heavy atom. The van der Waals surface area contributed by atoms with E-state index < -0.39 is 23.0 Å². The highest BCUT2D eigenvalue weighted by atomic mass is 32.1. The number of halogens is 2. The predicted octanol–water partition coefficient (Wildman–Crippen LogP) is 2.84. The van der Waals surface area contributed by atoms with Gasteiger partial charge in [0.25, 0.3) is 5.91 Å². The monoisotopic (exact) mass is 334 g/mol. The van der Waals surface area contributed by atoms with Gasteiger partial charge in [-0.25, -0.2) is 8.78 Å². The summed E-state index contributed by atoms with van der Waals surface area (Å²) in [6.45, 7) is 0.364. The zero-order valence-electron chi connectivity index (χ0n) is 11.9. The van der Waals surface area contributed by atoms with E-state index in [2.05, 4.69) is 10.3 Å². The number of hydrogen-bond acceptors (Lipinski definition) is 3. The third-order valence-electron chi connectivity index (χ3n) is 3.38. The minimum atomic E-state index is -0.991. The Balaban J connectivity index is 1.83. The lowest BCUT2D eigenvalue weighted by molar-refractivity contribution is 0.0953. The zero-order chi connectivity index (χ0) is 16.4. The van der Waals surface area contributed by atoms with Crippen molar-refractivity contribution in [2.75, 3.05) is 6.54 Å². The third kappa shape index (κ3) is 3.14. The Kier molecular flexibility index (Phi) is 4.20. The molecule has 0 spiro atoms. The number of benzene rings is 1. The van der Waals surface area contributed by atoms with E-state index in [9.17, 15) is 18.4 Å². The van der Waals surface area contributed by atoms with Crippen LogP contribution in [-0.4, -0.2) is 17.4 Å². The first kappa shape index (κ1) is 15.4. The molecule has 0 aliphatic carbocycles. The second-order valence-corrected chi connectivity index (χ2v) is 5.96. The fraction of sp³-hybridized carbons (Fsp3) is 0.125. The number of carbonyl (C=O) groups is 1. The summed E-state index contributed by atoms with van der Waals surface area (Å²) < 4.78 is 26.9. The Bertz CT molecular complexity index is 920. The SMILES string of the molecule is O=C(NCCc1cccs1)c1c[nH]c2cc(F)cc(F)c2c1=O. The van der Waals surface area contributed by atoms with Crippen molar-refractivity contribution >= 4 is 28.1 Å². The van der Waals surface area contributed by atoms with Crippen molar-refractivity contribution in [2.45, 2.75) is 6.42 Å². The van der Waals surface area contributed by atoms with Crippen molar-refractivity contribution in [1.29, 1.82) is 0 Å². The second kappa shape index (κ2) is 6.29. The van der Waals surface area contributed by atoms with Crippen LogP contribution in [0.1, 0.15) is 15.2 Å². The molecule has 7 heteroatoms. The number of thiophene rings is 1. The van der Waals surface area contributed by atoms with Gasteiger partial charge in [-0.05, 0) is 23.9 Å². The highest BCUT2D eigenvalue weighted by molar-refractivity contribution is 7.09. The van der Waals surface area contributed by atoms with Crippen molar-refractivity contribution in [1.82, 2.24) is 10.3 Å². The Morgan fingerprint density at radius 2 is 2.13 bits per heavy atom. The summed E-state index contributed by atoms with van der Waals surface area (Å²) in [6.07, 6.45) is 1.82. The summed E-state index contributed by atoms with van der Waals surface area (Å²) in [5.74, 6) is -2.37. The van der Waals surface area contributed by atoms with Crippen molar-refractivity contribution in [3.05, 3.63) is 68.1 Å². The molecule has 3 rings (SSSR count). The largest absolute Gasteiger partial charge is 0.360 e. The third-order valence-corrected chi connectivity index (χ3v) is 4.32. The van der Waals surface area contributed by atoms with E-state index in [1.54, 1.807) is 11.3 Å². The number of carbonyl (C=O) groups excluding carboxylic acids is 1. The molecule has 1 amide bonds. The summed E-state index contributed by atoms with van der Waals surface area (Å²) in [5, 5.41) is 4.24. The Hall–Kier alpha value is -2.54. The molecule has 0 radical (unpaired) electrons. The molecule has 0 fully saturated rings. The molecule has 0 aliphatic rings. The molecule has 2 heterocycles. The van der Waals surface area contributed by atoms with Crippen LogP contribution in [0.3, 0.4) is 0 Å². The zero-order valence-corrected chi connectivity index (χ0v) is 12.7. The molecule has 2 aromatic heterocycles. The predicted molar refractivity (Wildman–Crippen MR) is 84.8 cm³/mol. The number of amides is 1. The summed E-state index contributed by atoms with van der Waals surface area (Å²) in [4.78, 5) is 28.0. The van der Waals surface area contributed by atoms with E-state index >= 15 is 0 Å². The number of fused-ring (bicyclic) bond motifs is 1. The minimum Gasteiger partial charge on any atom is -0.360 e. The van der Waals surface area contributed by atoms with Crippen LogP contribution in [0.4, 0.5) is 8.78 Å². The Morgan fingerprint density at radius 1 is 1.30 bits per heavy atom. The number of H-pyrrole nitrogens is 1. The first-order chi connectivity index (χ1) is 11.1. The van der Waals surface area contributed by atoms with Crippen LogP contribution in [-0.2, 0) is 6.42 Å². The van der Waals surface area contributed by atoms with Crippen LogP contribution in [0.25, 0.3) is 10.9 Å². The number of nitrogens with one attached hydrogen (secondary N) is 2. The van der Waals surface area contributed by atoms with Gasteiger partial charge in [-0.15, -0.1) is 11.3 Å². The lowest BCUT2D eigenvalue weighted by atomic mass is 10.1. The van der Waals surface area contributed by atoms with E-state index in [0.29, 0.717) is 19.0 Å². The van der Waals surface area contributed by atoms with E-state index in [4.69, 9.17) is 0 Å².